The van der Waals surface area contributed by atoms with Gasteiger partial charge in [0.25, 0.3) is 0 Å². The lowest BCUT2D eigenvalue weighted by molar-refractivity contribution is -0.116. The lowest BCUT2D eigenvalue weighted by Crippen LogP contribution is -2.41. The molecule has 0 saturated heterocycles. The van der Waals surface area contributed by atoms with Crippen LogP contribution >= 0.6 is 39.3 Å². The molecule has 0 fully saturated rings. The van der Waals surface area contributed by atoms with Crippen LogP contribution in [0.25, 0.3) is 0 Å². The van der Waals surface area contributed by atoms with Crippen LogP contribution in [0.3, 0.4) is 0 Å². The van der Waals surface area contributed by atoms with Crippen molar-refractivity contribution in [3.63, 3.8) is 0 Å². The molecule has 28 heavy (non-hydrogen) atoms. The number of nitrogens with one attached hydrogen (secondary N) is 2. The van der Waals surface area contributed by atoms with Gasteiger partial charge in [0.05, 0.1) is 6.04 Å². The third-order valence-electron chi connectivity index (χ3n) is 4.53. The molecular formula is C19H17BrClN5OS. The number of thioether (sulfide) groups is 1. The van der Waals surface area contributed by atoms with Crippen LogP contribution in [-0.4, -0.2) is 26.0 Å². The summed E-state index contributed by atoms with van der Waals surface area (Å²) in [5.74, 6) is 0.638. The molecule has 144 valence electrons. The largest absolute Gasteiger partial charge is 0.325 e. The molecule has 0 spiro atoms. The van der Waals surface area contributed by atoms with Crippen LogP contribution in [0.2, 0.25) is 5.02 Å². The molecule has 2 aromatic carbocycles. The molecule has 1 aromatic heterocycles. The number of benzene rings is 2. The maximum Gasteiger partial charge on any atom is 0.240 e. The second-order valence-electron chi connectivity index (χ2n) is 6.51. The Morgan fingerprint density at radius 2 is 1.96 bits per heavy atom. The minimum atomic E-state index is -0.430. The van der Waals surface area contributed by atoms with Gasteiger partial charge in [-0.05, 0) is 55.3 Å². The van der Waals surface area contributed by atoms with Gasteiger partial charge in [-0.25, -0.2) is 4.68 Å². The van der Waals surface area contributed by atoms with Crippen LogP contribution in [0.15, 0.2) is 52.1 Å². The Morgan fingerprint density at radius 1 is 1.21 bits per heavy atom. The summed E-state index contributed by atoms with van der Waals surface area (Å²) in [6.07, 6.45) is 0. The van der Waals surface area contributed by atoms with Gasteiger partial charge in [-0.15, -0.1) is 10.2 Å². The van der Waals surface area contributed by atoms with Gasteiger partial charge >= 0.3 is 0 Å². The lowest BCUT2D eigenvalue weighted by atomic mass is 10.0. The SMILES string of the molecule is Cc1cc(Br)ccc1NC(=O)[C@H]1Sc2nnc(C)n2N[C@@H]1c1ccc(Cl)cc1. The number of aryl methyl sites for hydroxylation is 2. The van der Waals surface area contributed by atoms with Gasteiger partial charge in [0.15, 0.2) is 0 Å². The molecule has 1 aliphatic heterocycles. The summed E-state index contributed by atoms with van der Waals surface area (Å²) in [7, 11) is 0. The lowest BCUT2D eigenvalue weighted by Gasteiger charge is -2.32. The molecule has 4 rings (SSSR count). The van der Waals surface area contributed by atoms with Crippen molar-refractivity contribution in [3.05, 3.63) is 68.9 Å². The number of fused-ring (bicyclic) bond motifs is 1. The van der Waals surface area contributed by atoms with Crippen LogP contribution in [-0.2, 0) is 4.79 Å². The highest BCUT2D eigenvalue weighted by Crippen LogP contribution is 2.38. The van der Waals surface area contributed by atoms with Crippen LogP contribution in [0.5, 0.6) is 0 Å². The van der Waals surface area contributed by atoms with Crippen LogP contribution < -0.4 is 10.7 Å². The molecule has 0 aliphatic carbocycles. The van der Waals surface area contributed by atoms with Gasteiger partial charge in [0.2, 0.25) is 11.1 Å². The van der Waals surface area contributed by atoms with Crippen molar-refractivity contribution in [1.29, 1.82) is 0 Å². The number of carbonyl (C=O) groups excluding carboxylic acids is 1. The second kappa shape index (κ2) is 7.77. The van der Waals surface area contributed by atoms with Crippen LogP contribution in [0, 0.1) is 13.8 Å². The summed E-state index contributed by atoms with van der Waals surface area (Å²) < 4.78 is 2.79. The average Bonchev–Trinajstić information content (AvgIpc) is 3.04. The molecule has 1 aliphatic rings. The second-order valence-corrected chi connectivity index (χ2v) is 8.97. The highest BCUT2D eigenvalue weighted by atomic mass is 79.9. The third kappa shape index (κ3) is 3.76. The van der Waals surface area contributed by atoms with Crippen molar-refractivity contribution in [3.8, 4) is 0 Å². The van der Waals surface area contributed by atoms with E-state index in [0.29, 0.717) is 10.2 Å². The molecule has 6 nitrogen and oxygen atoms in total. The Bertz CT molecular complexity index is 1040. The molecule has 2 N–H and O–H groups in total. The fourth-order valence-electron chi connectivity index (χ4n) is 3.05. The van der Waals surface area contributed by atoms with E-state index >= 15 is 0 Å². The summed E-state index contributed by atoms with van der Waals surface area (Å²) in [4.78, 5) is 13.2. The predicted octanol–water partition coefficient (Wildman–Crippen LogP) is 4.71. The highest BCUT2D eigenvalue weighted by molar-refractivity contribution is 9.10. The quantitative estimate of drug-likeness (QED) is 0.570. The number of aromatic nitrogens is 3. The van der Waals surface area contributed by atoms with Crippen molar-refractivity contribution < 1.29 is 4.79 Å². The first-order chi connectivity index (χ1) is 13.4. The molecule has 1 amide bonds. The number of halogens is 2. The topological polar surface area (TPSA) is 71.8 Å². The predicted molar refractivity (Wildman–Crippen MR) is 115 cm³/mol. The van der Waals surface area contributed by atoms with Crippen LogP contribution in [0.1, 0.15) is 23.0 Å². The summed E-state index contributed by atoms with van der Waals surface area (Å²) in [6.45, 7) is 3.83. The number of hydrogen-bond acceptors (Lipinski definition) is 5. The van der Waals surface area contributed by atoms with E-state index in [4.69, 9.17) is 11.6 Å². The molecule has 3 aromatic rings. The van der Waals surface area contributed by atoms with Gasteiger partial charge in [0.1, 0.15) is 11.1 Å². The Hall–Kier alpha value is -2.03. The van der Waals surface area contributed by atoms with E-state index in [1.807, 2.05) is 61.0 Å². The summed E-state index contributed by atoms with van der Waals surface area (Å²) >= 11 is 10.9. The maximum absolute atomic E-state index is 13.2. The molecule has 0 saturated carbocycles. The first-order valence-corrected chi connectivity index (χ1v) is 10.6. The smallest absolute Gasteiger partial charge is 0.240 e. The van der Waals surface area contributed by atoms with Crippen LogP contribution in [0.4, 0.5) is 5.69 Å². The zero-order chi connectivity index (χ0) is 19.8. The monoisotopic (exact) mass is 477 g/mol. The minimum Gasteiger partial charge on any atom is -0.325 e. The Morgan fingerprint density at radius 3 is 2.68 bits per heavy atom. The Balaban J connectivity index is 1.67. The highest BCUT2D eigenvalue weighted by Gasteiger charge is 2.37. The first kappa shape index (κ1) is 19.3. The van der Waals surface area contributed by atoms with E-state index in [-0.39, 0.29) is 11.9 Å². The van der Waals surface area contributed by atoms with Gasteiger partial charge < -0.3 is 10.7 Å². The van der Waals surface area contributed by atoms with Crippen molar-refractivity contribution in [2.75, 3.05) is 10.7 Å². The van der Waals surface area contributed by atoms with Gasteiger partial charge in [-0.2, -0.15) is 0 Å². The molecule has 2 heterocycles. The standard InChI is InChI=1S/C19H17BrClN5OS/c1-10-9-13(20)5-8-15(10)22-18(27)17-16(12-3-6-14(21)7-4-12)25-26-11(2)23-24-19(26)28-17/h3-9,16-17,25H,1-2H3,(H,22,27)/t16-,17+/m1/s1. The van der Waals surface area contributed by atoms with E-state index in [1.165, 1.54) is 11.8 Å². The molecule has 0 radical (unpaired) electrons. The molecule has 0 bridgehead atoms. The molecule has 2 atom stereocenters. The van der Waals surface area contributed by atoms with E-state index in [1.54, 1.807) is 0 Å². The van der Waals surface area contributed by atoms with Gasteiger partial charge in [-0.1, -0.05) is 51.4 Å². The maximum atomic E-state index is 13.2. The van der Waals surface area contributed by atoms with E-state index in [0.717, 1.165) is 27.1 Å². The fourth-order valence-corrected chi connectivity index (χ4v) is 4.78. The van der Waals surface area contributed by atoms with Gasteiger partial charge in [-0.3, -0.25) is 4.79 Å². The Kier molecular flexibility index (Phi) is 5.35. The van der Waals surface area contributed by atoms with Crippen molar-refractivity contribution in [1.82, 2.24) is 14.9 Å². The number of hydrogen-bond donors (Lipinski definition) is 2. The van der Waals surface area contributed by atoms with Crippen molar-refractivity contribution >= 4 is 50.9 Å². The average molecular weight is 479 g/mol. The summed E-state index contributed by atoms with van der Waals surface area (Å²) in [5, 5.41) is 12.2. The minimum absolute atomic E-state index is 0.102. The zero-order valence-electron chi connectivity index (χ0n) is 15.1. The van der Waals surface area contributed by atoms with E-state index in [9.17, 15) is 4.79 Å². The molecule has 0 unspecified atom stereocenters. The summed E-state index contributed by atoms with van der Waals surface area (Å²) in [5.41, 5.74) is 6.11. The number of rotatable bonds is 3. The normalized spacial score (nSPS) is 18.3. The molecule has 9 heteroatoms. The third-order valence-corrected chi connectivity index (χ3v) is 6.49. The van der Waals surface area contributed by atoms with Gasteiger partial charge in [0, 0.05) is 15.2 Å². The number of carbonyl (C=O) groups is 1. The summed E-state index contributed by atoms with van der Waals surface area (Å²) in [6, 6.07) is 13.0. The molecular weight excluding hydrogens is 462 g/mol. The van der Waals surface area contributed by atoms with E-state index < -0.39 is 5.25 Å². The zero-order valence-corrected chi connectivity index (χ0v) is 18.3. The number of amides is 1. The number of nitrogens with zero attached hydrogens (tertiary/aromatic N) is 3. The number of anilines is 1. The van der Waals surface area contributed by atoms with Crippen molar-refractivity contribution in [2.24, 2.45) is 0 Å². The first-order valence-electron chi connectivity index (χ1n) is 8.60. The van der Waals surface area contributed by atoms with E-state index in [2.05, 4.69) is 36.9 Å². The van der Waals surface area contributed by atoms with Crippen molar-refractivity contribution in [2.45, 2.75) is 30.3 Å². The Labute approximate surface area is 180 Å². The fraction of sp³-hybridized carbons (Fsp3) is 0.211.